The first kappa shape index (κ1) is 46.1. The molecule has 0 fully saturated rings. The van der Waals surface area contributed by atoms with Gasteiger partial charge >= 0.3 is 0 Å². The number of rotatable bonds is 36. The number of aliphatic hydroxyl groups is 2. The molecule has 0 spiro atoms. The van der Waals surface area contributed by atoms with Crippen molar-refractivity contribution in [2.24, 2.45) is 0 Å². The van der Waals surface area contributed by atoms with Crippen LogP contribution in [0.5, 0.6) is 0 Å². The van der Waals surface area contributed by atoms with E-state index in [1.165, 1.54) is 128 Å². The van der Waals surface area contributed by atoms with Gasteiger partial charge < -0.3 is 20.8 Å². The second kappa shape index (κ2) is 34.2. The smallest absolute Gasteiger partial charge is 0.220 e. The molecule has 0 aromatic heterocycles. The number of carbonyl (C=O) groups is 2. The maximum absolute atomic E-state index is 12.5. The van der Waals surface area contributed by atoms with Gasteiger partial charge in [0.2, 0.25) is 11.8 Å². The van der Waals surface area contributed by atoms with Gasteiger partial charge in [0.05, 0.1) is 12.2 Å². The van der Waals surface area contributed by atoms with Crippen LogP contribution < -0.4 is 10.6 Å². The summed E-state index contributed by atoms with van der Waals surface area (Å²) in [4.78, 5) is 25.0. The minimum Gasteiger partial charge on any atom is -0.393 e. The van der Waals surface area contributed by atoms with E-state index >= 15 is 0 Å². The first-order valence-electron chi connectivity index (χ1n) is 21.4. The molecule has 2 amide bonds. The van der Waals surface area contributed by atoms with Crippen molar-refractivity contribution in [2.45, 2.75) is 232 Å². The van der Waals surface area contributed by atoms with E-state index in [2.05, 4.69) is 24.5 Å². The Balaban J connectivity index is 2.07. The number of carbonyl (C=O) groups excluding carboxylic acids is 2. The molecule has 0 radical (unpaired) electrons. The molecular formula is C44H80N2O4. The normalized spacial score (nSPS) is 12.6. The molecule has 0 saturated heterocycles. The average Bonchev–Trinajstić information content (AvgIpc) is 3.11. The number of hydrogen-bond donors (Lipinski definition) is 4. The largest absolute Gasteiger partial charge is 0.393 e. The quantitative estimate of drug-likeness (QED) is 0.0524. The summed E-state index contributed by atoms with van der Waals surface area (Å²) < 4.78 is 0. The molecule has 1 aromatic carbocycles. The highest BCUT2D eigenvalue weighted by Gasteiger charge is 2.10. The Bertz CT molecular complexity index is 850. The van der Waals surface area contributed by atoms with Crippen molar-refractivity contribution in [1.82, 2.24) is 10.6 Å². The van der Waals surface area contributed by atoms with E-state index in [9.17, 15) is 19.8 Å². The SMILES string of the molecule is CCCCCCCCCCCCCC(O)CCCC(=O)NCc1ccccc1CNC(=O)CCCC(O)CCCCCCCCCCCCC. The minimum absolute atomic E-state index is 0.00235. The highest BCUT2D eigenvalue weighted by Crippen LogP contribution is 2.16. The van der Waals surface area contributed by atoms with Crippen LogP contribution in [0.3, 0.4) is 0 Å². The predicted molar refractivity (Wildman–Crippen MR) is 212 cm³/mol. The zero-order valence-corrected chi connectivity index (χ0v) is 32.8. The van der Waals surface area contributed by atoms with Crippen molar-refractivity contribution in [3.05, 3.63) is 35.4 Å². The molecule has 0 aliphatic rings. The van der Waals surface area contributed by atoms with Gasteiger partial charge in [-0.15, -0.1) is 0 Å². The van der Waals surface area contributed by atoms with Crippen molar-refractivity contribution < 1.29 is 19.8 Å². The van der Waals surface area contributed by atoms with Crippen LogP contribution in [-0.4, -0.2) is 34.2 Å². The molecule has 6 nitrogen and oxygen atoms in total. The van der Waals surface area contributed by atoms with Crippen molar-refractivity contribution in [1.29, 1.82) is 0 Å². The van der Waals surface area contributed by atoms with Crippen LogP contribution in [0.25, 0.3) is 0 Å². The summed E-state index contributed by atoms with van der Waals surface area (Å²) in [6.45, 7) is 5.38. The van der Waals surface area contributed by atoms with Gasteiger partial charge in [-0.3, -0.25) is 9.59 Å². The molecule has 1 aromatic rings. The third-order valence-electron chi connectivity index (χ3n) is 10.2. The Labute approximate surface area is 308 Å². The number of nitrogens with one attached hydrogen (secondary N) is 2. The summed E-state index contributed by atoms with van der Waals surface area (Å²) >= 11 is 0. The number of hydrogen-bond acceptors (Lipinski definition) is 4. The first-order chi connectivity index (χ1) is 24.5. The molecule has 0 saturated carbocycles. The number of amides is 2. The Hall–Kier alpha value is -1.92. The Kier molecular flexibility index (Phi) is 31.5. The maximum Gasteiger partial charge on any atom is 0.220 e. The van der Waals surface area contributed by atoms with E-state index in [0.717, 1.165) is 36.8 Å². The standard InChI is InChI=1S/C44H80N2O4/c1-3-5-7-9-11-13-15-17-19-21-23-31-41(47)33-27-35-43(49)45-37-39-29-25-26-30-40(39)38-46-44(50)36-28-34-42(48)32-24-22-20-18-16-14-12-10-8-6-4-2/h25-26,29-30,41-42,47-48H,3-24,27-28,31-38H2,1-2H3,(H,45,49)(H,46,50). The second-order valence-electron chi connectivity index (χ2n) is 15.1. The fourth-order valence-corrected chi connectivity index (χ4v) is 6.84. The molecule has 6 heteroatoms. The third-order valence-corrected chi connectivity index (χ3v) is 10.2. The van der Waals surface area contributed by atoms with Gasteiger partial charge in [0.1, 0.15) is 0 Å². The molecule has 1 rings (SSSR count). The molecule has 50 heavy (non-hydrogen) atoms. The first-order valence-corrected chi connectivity index (χ1v) is 21.4. The van der Waals surface area contributed by atoms with Crippen LogP contribution in [0.4, 0.5) is 0 Å². The minimum atomic E-state index is -0.316. The fraction of sp³-hybridized carbons (Fsp3) is 0.818. The average molecular weight is 701 g/mol. The zero-order chi connectivity index (χ0) is 36.3. The van der Waals surface area contributed by atoms with Gasteiger partial charge in [-0.05, 0) is 49.7 Å². The Morgan fingerprint density at radius 3 is 1.06 bits per heavy atom. The van der Waals surface area contributed by atoms with E-state index in [0.29, 0.717) is 51.6 Å². The Morgan fingerprint density at radius 2 is 0.740 bits per heavy atom. The summed E-state index contributed by atoms with van der Waals surface area (Å²) in [5.74, 6) is -0.00471. The molecular weight excluding hydrogens is 620 g/mol. The molecule has 2 unspecified atom stereocenters. The van der Waals surface area contributed by atoms with E-state index in [-0.39, 0.29) is 24.0 Å². The number of unbranched alkanes of at least 4 members (excludes halogenated alkanes) is 20. The number of aliphatic hydroxyl groups excluding tert-OH is 2. The molecule has 0 aliphatic carbocycles. The van der Waals surface area contributed by atoms with Gasteiger partial charge in [-0.2, -0.15) is 0 Å². The highest BCUT2D eigenvalue weighted by atomic mass is 16.3. The molecule has 290 valence electrons. The van der Waals surface area contributed by atoms with Crippen LogP contribution in [-0.2, 0) is 22.7 Å². The predicted octanol–water partition coefficient (Wildman–Crippen LogP) is 11.4. The zero-order valence-electron chi connectivity index (χ0n) is 32.8. The summed E-state index contributed by atoms with van der Waals surface area (Å²) in [7, 11) is 0. The van der Waals surface area contributed by atoms with Gasteiger partial charge in [0, 0.05) is 25.9 Å². The maximum atomic E-state index is 12.5. The third kappa shape index (κ3) is 28.7. The molecule has 2 atom stereocenters. The van der Waals surface area contributed by atoms with Crippen molar-refractivity contribution >= 4 is 11.8 Å². The summed E-state index contributed by atoms with van der Waals surface area (Å²) in [6, 6.07) is 7.89. The lowest BCUT2D eigenvalue weighted by atomic mass is 10.0. The molecule has 0 aliphatic heterocycles. The van der Waals surface area contributed by atoms with E-state index in [4.69, 9.17) is 0 Å². The topological polar surface area (TPSA) is 98.7 Å². The fourth-order valence-electron chi connectivity index (χ4n) is 6.84. The summed E-state index contributed by atoms with van der Waals surface area (Å²) in [6.07, 6.45) is 33.3. The van der Waals surface area contributed by atoms with E-state index < -0.39 is 0 Å². The lowest BCUT2D eigenvalue weighted by Gasteiger charge is -2.13. The van der Waals surface area contributed by atoms with Gasteiger partial charge in [-0.1, -0.05) is 179 Å². The summed E-state index contributed by atoms with van der Waals surface area (Å²) in [5.41, 5.74) is 2.00. The summed E-state index contributed by atoms with van der Waals surface area (Å²) in [5, 5.41) is 26.7. The molecule has 4 N–H and O–H groups in total. The van der Waals surface area contributed by atoms with Crippen LogP contribution in [0.15, 0.2) is 24.3 Å². The van der Waals surface area contributed by atoms with Crippen LogP contribution in [0.1, 0.15) is 218 Å². The van der Waals surface area contributed by atoms with Crippen LogP contribution >= 0.6 is 0 Å². The Morgan fingerprint density at radius 1 is 0.460 bits per heavy atom. The van der Waals surface area contributed by atoms with E-state index in [1.54, 1.807) is 0 Å². The van der Waals surface area contributed by atoms with Crippen LogP contribution in [0.2, 0.25) is 0 Å². The van der Waals surface area contributed by atoms with E-state index in [1.807, 2.05) is 24.3 Å². The molecule has 0 heterocycles. The second-order valence-corrected chi connectivity index (χ2v) is 15.1. The van der Waals surface area contributed by atoms with Crippen molar-refractivity contribution in [3.8, 4) is 0 Å². The van der Waals surface area contributed by atoms with Gasteiger partial charge in [0.15, 0.2) is 0 Å². The van der Waals surface area contributed by atoms with Crippen molar-refractivity contribution in [3.63, 3.8) is 0 Å². The molecule has 0 bridgehead atoms. The van der Waals surface area contributed by atoms with Crippen LogP contribution in [0, 0.1) is 0 Å². The van der Waals surface area contributed by atoms with Gasteiger partial charge in [0.25, 0.3) is 0 Å². The monoisotopic (exact) mass is 701 g/mol. The van der Waals surface area contributed by atoms with Gasteiger partial charge in [-0.25, -0.2) is 0 Å². The highest BCUT2D eigenvalue weighted by molar-refractivity contribution is 5.76. The lowest BCUT2D eigenvalue weighted by Crippen LogP contribution is -2.26. The number of benzene rings is 1. The lowest BCUT2D eigenvalue weighted by molar-refractivity contribution is -0.122. The van der Waals surface area contributed by atoms with Crippen molar-refractivity contribution in [2.75, 3.05) is 0 Å².